The van der Waals surface area contributed by atoms with Crippen LogP contribution in [0.25, 0.3) is 0 Å². The number of rotatable bonds is 2. The maximum Gasteiger partial charge on any atom is 0.339 e. The van der Waals surface area contributed by atoms with Gasteiger partial charge in [-0.25, -0.2) is 9.78 Å². The van der Waals surface area contributed by atoms with Crippen molar-refractivity contribution in [1.82, 2.24) is 9.88 Å². The van der Waals surface area contributed by atoms with Crippen LogP contribution in [0.5, 0.6) is 0 Å². The molecule has 2 aliphatic rings. The lowest BCUT2D eigenvalue weighted by atomic mass is 9.84. The molecule has 21 heavy (non-hydrogen) atoms. The van der Waals surface area contributed by atoms with Crippen LogP contribution in [0.15, 0.2) is 12.1 Å². The van der Waals surface area contributed by atoms with Gasteiger partial charge in [-0.05, 0) is 57.8 Å². The van der Waals surface area contributed by atoms with Gasteiger partial charge in [-0.2, -0.15) is 0 Å². The van der Waals surface area contributed by atoms with E-state index in [0.717, 1.165) is 25.2 Å². The van der Waals surface area contributed by atoms with Gasteiger partial charge in [0.2, 0.25) is 0 Å². The Bertz CT molecular complexity index is 546. The van der Waals surface area contributed by atoms with Gasteiger partial charge in [0.25, 0.3) is 0 Å². The van der Waals surface area contributed by atoms with Gasteiger partial charge < -0.3 is 14.9 Å². The summed E-state index contributed by atoms with van der Waals surface area (Å²) in [6.07, 6.45) is 3.56. The summed E-state index contributed by atoms with van der Waals surface area (Å²) in [5, 5.41) is 9.39. The number of nitrogens with zero attached hydrogens (tertiary/aromatic N) is 3. The zero-order valence-electron chi connectivity index (χ0n) is 12.7. The Balaban J connectivity index is 1.85. The average molecular weight is 289 g/mol. The van der Waals surface area contributed by atoms with E-state index in [4.69, 9.17) is 0 Å². The van der Waals surface area contributed by atoms with Gasteiger partial charge in [-0.3, -0.25) is 0 Å². The normalized spacial score (nSPS) is 26.5. The molecule has 0 amide bonds. The van der Waals surface area contributed by atoms with E-state index in [9.17, 15) is 9.90 Å². The lowest BCUT2D eigenvalue weighted by Gasteiger charge is -2.46. The number of piperidine rings is 2. The summed E-state index contributed by atoms with van der Waals surface area (Å²) in [7, 11) is 2.21. The number of carboxylic acids is 1. The Morgan fingerprint density at radius 3 is 2.90 bits per heavy atom. The lowest BCUT2D eigenvalue weighted by Crippen LogP contribution is -2.53. The summed E-state index contributed by atoms with van der Waals surface area (Å²) in [6.45, 7) is 4.91. The SMILES string of the molecule is Cc1ccc(C(=O)O)c(N2CCC3C(CCCN3C)C2)n1. The molecule has 2 fully saturated rings. The highest BCUT2D eigenvalue weighted by Crippen LogP contribution is 2.32. The molecule has 0 aromatic carbocycles. The Morgan fingerprint density at radius 2 is 2.14 bits per heavy atom. The van der Waals surface area contributed by atoms with E-state index in [0.29, 0.717) is 23.3 Å². The van der Waals surface area contributed by atoms with Crippen molar-refractivity contribution >= 4 is 11.8 Å². The largest absolute Gasteiger partial charge is 0.478 e. The fourth-order valence-corrected chi connectivity index (χ4v) is 3.80. The Kier molecular flexibility index (Phi) is 3.85. The third kappa shape index (κ3) is 2.75. The maximum atomic E-state index is 11.4. The van der Waals surface area contributed by atoms with Crippen LogP contribution in [-0.4, -0.2) is 53.7 Å². The Morgan fingerprint density at radius 1 is 1.33 bits per heavy atom. The second-order valence-electron chi connectivity index (χ2n) is 6.31. The topological polar surface area (TPSA) is 56.7 Å². The number of carbonyl (C=O) groups is 1. The first-order valence-corrected chi connectivity index (χ1v) is 7.72. The second-order valence-corrected chi connectivity index (χ2v) is 6.31. The summed E-state index contributed by atoms with van der Waals surface area (Å²) in [6, 6.07) is 4.10. The molecule has 3 heterocycles. The molecule has 0 bridgehead atoms. The predicted molar refractivity (Wildman–Crippen MR) is 81.9 cm³/mol. The molecule has 3 rings (SSSR count). The highest BCUT2D eigenvalue weighted by molar-refractivity contribution is 5.93. The minimum atomic E-state index is -0.889. The molecule has 1 aromatic heterocycles. The fourth-order valence-electron chi connectivity index (χ4n) is 3.80. The number of fused-ring (bicyclic) bond motifs is 1. The van der Waals surface area contributed by atoms with Crippen molar-refractivity contribution in [2.45, 2.75) is 32.2 Å². The molecule has 1 N–H and O–H groups in total. The number of hydrogen-bond acceptors (Lipinski definition) is 4. The summed E-state index contributed by atoms with van der Waals surface area (Å²) in [4.78, 5) is 20.6. The molecule has 0 radical (unpaired) electrons. The van der Waals surface area contributed by atoms with Crippen molar-refractivity contribution in [1.29, 1.82) is 0 Å². The number of aromatic carboxylic acids is 1. The van der Waals surface area contributed by atoms with Crippen LogP contribution >= 0.6 is 0 Å². The lowest BCUT2D eigenvalue weighted by molar-refractivity contribution is 0.0696. The van der Waals surface area contributed by atoms with Crippen LogP contribution in [0.1, 0.15) is 35.3 Å². The standard InChI is InChI=1S/C16H23N3O2/c1-11-5-6-13(16(20)21)15(17-11)19-9-7-14-12(10-19)4-3-8-18(14)2/h5-6,12,14H,3-4,7-10H2,1-2H3,(H,20,21). The van der Waals surface area contributed by atoms with Crippen molar-refractivity contribution in [2.75, 3.05) is 31.6 Å². The van der Waals surface area contributed by atoms with E-state index < -0.39 is 5.97 Å². The van der Waals surface area contributed by atoms with Gasteiger partial charge in [0.15, 0.2) is 0 Å². The number of carboxylic acid groups (broad SMARTS) is 1. The smallest absolute Gasteiger partial charge is 0.339 e. The highest BCUT2D eigenvalue weighted by atomic mass is 16.4. The molecule has 2 atom stereocenters. The molecule has 1 aromatic rings. The van der Waals surface area contributed by atoms with Crippen LogP contribution in [0.4, 0.5) is 5.82 Å². The number of aryl methyl sites for hydroxylation is 1. The van der Waals surface area contributed by atoms with E-state index >= 15 is 0 Å². The van der Waals surface area contributed by atoms with Crippen LogP contribution < -0.4 is 4.90 Å². The van der Waals surface area contributed by atoms with Crippen LogP contribution in [0.2, 0.25) is 0 Å². The fraction of sp³-hybridized carbons (Fsp3) is 0.625. The van der Waals surface area contributed by atoms with Gasteiger partial charge in [0.1, 0.15) is 11.4 Å². The molecule has 2 unspecified atom stereocenters. The van der Waals surface area contributed by atoms with Gasteiger partial charge in [-0.1, -0.05) is 0 Å². The van der Waals surface area contributed by atoms with Gasteiger partial charge in [-0.15, -0.1) is 0 Å². The van der Waals surface area contributed by atoms with Crippen molar-refractivity contribution in [2.24, 2.45) is 5.92 Å². The zero-order valence-corrected chi connectivity index (χ0v) is 12.7. The van der Waals surface area contributed by atoms with Crippen molar-refractivity contribution in [3.63, 3.8) is 0 Å². The third-order valence-corrected chi connectivity index (χ3v) is 4.89. The monoisotopic (exact) mass is 289 g/mol. The van der Waals surface area contributed by atoms with Gasteiger partial charge in [0.05, 0.1) is 0 Å². The molecular weight excluding hydrogens is 266 g/mol. The van der Waals surface area contributed by atoms with Crippen LogP contribution in [0, 0.1) is 12.8 Å². The molecule has 114 valence electrons. The first-order valence-electron chi connectivity index (χ1n) is 7.72. The number of anilines is 1. The number of likely N-dealkylation sites (tertiary alicyclic amines) is 1. The number of aromatic nitrogens is 1. The quantitative estimate of drug-likeness (QED) is 0.902. The third-order valence-electron chi connectivity index (χ3n) is 4.89. The van der Waals surface area contributed by atoms with Crippen molar-refractivity contribution in [3.8, 4) is 0 Å². The minimum Gasteiger partial charge on any atom is -0.478 e. The predicted octanol–water partition coefficient (Wildman–Crippen LogP) is 2.01. The van der Waals surface area contributed by atoms with Crippen LogP contribution in [0.3, 0.4) is 0 Å². The van der Waals surface area contributed by atoms with E-state index in [1.165, 1.54) is 19.4 Å². The first-order chi connectivity index (χ1) is 10.1. The zero-order chi connectivity index (χ0) is 15.0. The highest BCUT2D eigenvalue weighted by Gasteiger charge is 2.35. The molecule has 0 aliphatic carbocycles. The van der Waals surface area contributed by atoms with E-state index in [1.807, 2.05) is 6.92 Å². The molecule has 0 saturated carbocycles. The summed E-state index contributed by atoms with van der Waals surface area (Å²) in [5.74, 6) is 0.385. The van der Waals surface area contributed by atoms with E-state index in [2.05, 4.69) is 21.8 Å². The van der Waals surface area contributed by atoms with E-state index in [1.54, 1.807) is 12.1 Å². The summed E-state index contributed by atoms with van der Waals surface area (Å²) < 4.78 is 0. The average Bonchev–Trinajstić information content (AvgIpc) is 2.46. The van der Waals surface area contributed by atoms with Crippen molar-refractivity contribution in [3.05, 3.63) is 23.4 Å². The number of hydrogen-bond donors (Lipinski definition) is 1. The van der Waals surface area contributed by atoms with Gasteiger partial charge >= 0.3 is 5.97 Å². The molecule has 2 aliphatic heterocycles. The van der Waals surface area contributed by atoms with Gasteiger partial charge in [0, 0.05) is 24.8 Å². The first kappa shape index (κ1) is 14.3. The minimum absolute atomic E-state index is 0.322. The summed E-state index contributed by atoms with van der Waals surface area (Å²) >= 11 is 0. The molecular formula is C16H23N3O2. The molecule has 0 spiro atoms. The Hall–Kier alpha value is -1.62. The molecule has 2 saturated heterocycles. The van der Waals surface area contributed by atoms with Crippen LogP contribution in [-0.2, 0) is 0 Å². The second kappa shape index (κ2) is 5.64. The van der Waals surface area contributed by atoms with Crippen molar-refractivity contribution < 1.29 is 9.90 Å². The number of pyridine rings is 1. The Labute approximate surface area is 125 Å². The molecule has 5 heteroatoms. The summed E-state index contributed by atoms with van der Waals surface area (Å²) in [5.41, 5.74) is 1.20. The van der Waals surface area contributed by atoms with E-state index in [-0.39, 0.29) is 0 Å². The molecule has 5 nitrogen and oxygen atoms in total. The maximum absolute atomic E-state index is 11.4.